The maximum absolute atomic E-state index is 16.7. The summed E-state index contributed by atoms with van der Waals surface area (Å²) in [6.45, 7) is 11.0. The molecule has 0 aliphatic carbocycles. The number of nitrogens with one attached hydrogen (secondary N) is 1. The van der Waals surface area contributed by atoms with Gasteiger partial charge in [0, 0.05) is 7.05 Å². The van der Waals surface area contributed by atoms with Crippen LogP contribution in [0.4, 0.5) is 25.7 Å². The quantitative estimate of drug-likeness (QED) is 0.353. The van der Waals surface area contributed by atoms with Gasteiger partial charge in [-0.15, -0.1) is 0 Å². The number of alkyl halides is 1. The first-order valence-corrected chi connectivity index (χ1v) is 14.3. The Morgan fingerprint density at radius 1 is 1.11 bits per heavy atom. The minimum atomic E-state index is -2.20. The highest BCUT2D eigenvalue weighted by Crippen LogP contribution is 2.44. The van der Waals surface area contributed by atoms with Crippen LogP contribution in [0.1, 0.15) is 60.3 Å². The molecule has 1 aliphatic heterocycles. The summed E-state index contributed by atoms with van der Waals surface area (Å²) in [7, 11) is 2.98. The monoisotopic (exact) mass is 632 g/mol. The van der Waals surface area contributed by atoms with Crippen molar-refractivity contribution < 1.29 is 42.8 Å². The fraction of sp³-hybridized carbons (Fsp3) is 0.567. The molecule has 2 N–H and O–H groups in total. The van der Waals surface area contributed by atoms with E-state index >= 15 is 4.39 Å². The second-order valence-electron chi connectivity index (χ2n) is 12.8. The van der Waals surface area contributed by atoms with E-state index in [1.54, 1.807) is 72.9 Å². The van der Waals surface area contributed by atoms with Gasteiger partial charge in [0.2, 0.25) is 5.95 Å². The molecule has 14 nitrogen and oxygen atoms in total. The van der Waals surface area contributed by atoms with Crippen molar-refractivity contribution in [2.24, 2.45) is 0 Å². The molecule has 4 atom stereocenters. The molecular weight excluding hydrogens is 591 g/mol. The molecule has 2 amide bonds. The minimum absolute atomic E-state index is 0.0244. The zero-order valence-electron chi connectivity index (χ0n) is 27.0. The number of benzene rings is 1. The number of aromatic nitrogens is 4. The van der Waals surface area contributed by atoms with Gasteiger partial charge in [-0.25, -0.2) is 19.0 Å². The van der Waals surface area contributed by atoms with Gasteiger partial charge in [-0.1, -0.05) is 12.1 Å². The van der Waals surface area contributed by atoms with Crippen molar-refractivity contribution in [3.63, 3.8) is 0 Å². The normalized spacial score (nSPS) is 21.9. The molecule has 0 saturated carbocycles. The van der Waals surface area contributed by atoms with Crippen LogP contribution >= 0.6 is 0 Å². The minimum Gasteiger partial charge on any atom is -0.497 e. The highest BCUT2D eigenvalue weighted by Gasteiger charge is 2.56. The van der Waals surface area contributed by atoms with E-state index in [1.807, 2.05) is 0 Å². The van der Waals surface area contributed by atoms with Crippen molar-refractivity contribution in [1.29, 1.82) is 0 Å². The second-order valence-corrected chi connectivity index (χ2v) is 12.8. The number of hydrogen-bond donors (Lipinski definition) is 2. The largest absolute Gasteiger partial charge is 0.497 e. The summed E-state index contributed by atoms with van der Waals surface area (Å²) in [5.74, 6) is 0.398. The Kier molecular flexibility index (Phi) is 9.56. The lowest BCUT2D eigenvalue weighted by molar-refractivity contribution is -0.0675. The van der Waals surface area contributed by atoms with E-state index in [4.69, 9.17) is 23.7 Å². The number of halogens is 1. The number of imidazole rings is 1. The Labute approximate surface area is 260 Å². The summed E-state index contributed by atoms with van der Waals surface area (Å²) < 4.78 is 46.0. The van der Waals surface area contributed by atoms with Gasteiger partial charge in [0.05, 0.1) is 26.7 Å². The van der Waals surface area contributed by atoms with E-state index in [0.29, 0.717) is 5.75 Å². The van der Waals surface area contributed by atoms with Crippen LogP contribution in [0.2, 0.25) is 0 Å². The summed E-state index contributed by atoms with van der Waals surface area (Å²) >= 11 is 0. The van der Waals surface area contributed by atoms with Crippen molar-refractivity contribution >= 4 is 35.1 Å². The number of rotatable bonds is 8. The van der Waals surface area contributed by atoms with Gasteiger partial charge < -0.3 is 28.8 Å². The van der Waals surface area contributed by atoms with Crippen LogP contribution in [-0.4, -0.2) is 86.7 Å². The number of amides is 2. The SMILES string of the molecule is COc1ccc(CO[C@@H]2[C@@H](CO)O[C@@H](n3cnc4c(N(C)C(=O)OC(C)(C)C)nc(NC(=O)OC(C)(C)C)nc43)[C@]2(C)F)cc1. The standard InChI is InChI=1S/C30H41FN6O8/c1-28(2,3)44-26(39)35-25-33-22(36(8)27(40)45-29(4,5)6)20-23(34-25)37(16-32-20)24-30(7,31)21(19(14-38)43-24)42-15-17-10-12-18(41-9)13-11-17/h10-13,16,19,21,24,38H,14-15H2,1-9H3,(H,33,34,35,39)/t19-,21-,24-,30-/m1/s1. The Hall–Kier alpha value is -4.08. The fourth-order valence-corrected chi connectivity index (χ4v) is 4.70. The third-order valence-electron chi connectivity index (χ3n) is 6.70. The van der Waals surface area contributed by atoms with Gasteiger partial charge in [-0.3, -0.25) is 14.8 Å². The number of carbonyl (C=O) groups is 2. The van der Waals surface area contributed by atoms with Crippen LogP contribution in [-0.2, 0) is 25.6 Å². The van der Waals surface area contributed by atoms with Gasteiger partial charge in [-0.05, 0) is 66.2 Å². The molecule has 4 rings (SSSR count). The number of methoxy groups -OCH3 is 1. The van der Waals surface area contributed by atoms with Crippen LogP contribution < -0.4 is 15.0 Å². The van der Waals surface area contributed by atoms with Gasteiger partial charge >= 0.3 is 12.2 Å². The highest BCUT2D eigenvalue weighted by atomic mass is 19.1. The summed E-state index contributed by atoms with van der Waals surface area (Å²) in [5.41, 5.74) is -2.94. The van der Waals surface area contributed by atoms with Crippen LogP contribution in [0.25, 0.3) is 11.2 Å². The topological polar surface area (TPSA) is 159 Å². The average molecular weight is 633 g/mol. The maximum atomic E-state index is 16.7. The van der Waals surface area contributed by atoms with E-state index in [1.165, 1.54) is 24.9 Å². The van der Waals surface area contributed by atoms with E-state index in [9.17, 15) is 14.7 Å². The molecule has 0 unspecified atom stereocenters. The zero-order chi connectivity index (χ0) is 33.3. The van der Waals surface area contributed by atoms with Crippen LogP contribution in [0.15, 0.2) is 30.6 Å². The van der Waals surface area contributed by atoms with Gasteiger partial charge in [-0.2, -0.15) is 9.97 Å². The fourth-order valence-electron chi connectivity index (χ4n) is 4.70. The predicted octanol–water partition coefficient (Wildman–Crippen LogP) is 4.76. The van der Waals surface area contributed by atoms with Gasteiger partial charge in [0.25, 0.3) is 0 Å². The number of carbonyl (C=O) groups excluding carboxylic acids is 2. The van der Waals surface area contributed by atoms with E-state index in [-0.39, 0.29) is 29.5 Å². The molecule has 0 bridgehead atoms. The molecule has 1 aromatic carbocycles. The Morgan fingerprint density at radius 3 is 2.33 bits per heavy atom. The molecule has 1 saturated heterocycles. The zero-order valence-corrected chi connectivity index (χ0v) is 27.0. The first-order chi connectivity index (χ1) is 20.9. The number of fused-ring (bicyclic) bond motifs is 1. The van der Waals surface area contributed by atoms with Crippen molar-refractivity contribution in [2.75, 3.05) is 31.0 Å². The lowest BCUT2D eigenvalue weighted by Crippen LogP contribution is -2.42. The Balaban J connectivity index is 1.72. The van der Waals surface area contributed by atoms with Crippen molar-refractivity contribution in [3.8, 4) is 5.75 Å². The first kappa shape index (κ1) is 33.8. The van der Waals surface area contributed by atoms with E-state index < -0.39 is 54.1 Å². The molecule has 3 aromatic rings. The summed E-state index contributed by atoms with van der Waals surface area (Å²) in [4.78, 5) is 39.9. The van der Waals surface area contributed by atoms with Crippen LogP contribution in [0.3, 0.4) is 0 Å². The smallest absolute Gasteiger partial charge is 0.415 e. The second kappa shape index (κ2) is 12.7. The van der Waals surface area contributed by atoms with E-state index in [2.05, 4.69) is 20.3 Å². The summed E-state index contributed by atoms with van der Waals surface area (Å²) in [6, 6.07) is 7.10. The molecule has 0 spiro atoms. The number of nitrogens with zero attached hydrogens (tertiary/aromatic N) is 5. The molecule has 2 aromatic heterocycles. The highest BCUT2D eigenvalue weighted by molar-refractivity contribution is 5.96. The molecule has 45 heavy (non-hydrogen) atoms. The number of anilines is 2. The third kappa shape index (κ3) is 7.78. The van der Waals surface area contributed by atoms with Crippen molar-refractivity contribution in [2.45, 2.75) is 90.4 Å². The number of hydrogen-bond acceptors (Lipinski definition) is 11. The number of aliphatic hydroxyl groups is 1. The van der Waals surface area contributed by atoms with Gasteiger partial charge in [0.15, 0.2) is 28.9 Å². The molecule has 3 heterocycles. The van der Waals surface area contributed by atoms with Crippen LogP contribution in [0.5, 0.6) is 5.75 Å². The van der Waals surface area contributed by atoms with Crippen molar-refractivity contribution in [3.05, 3.63) is 36.2 Å². The summed E-state index contributed by atoms with van der Waals surface area (Å²) in [6.07, 6.45) is -3.91. The van der Waals surface area contributed by atoms with Crippen LogP contribution in [0, 0.1) is 0 Å². The average Bonchev–Trinajstić information content (AvgIpc) is 3.46. The summed E-state index contributed by atoms with van der Waals surface area (Å²) in [5, 5.41) is 12.6. The molecule has 246 valence electrons. The Morgan fingerprint density at radius 2 is 1.76 bits per heavy atom. The first-order valence-electron chi connectivity index (χ1n) is 14.3. The maximum Gasteiger partial charge on any atom is 0.415 e. The predicted molar refractivity (Wildman–Crippen MR) is 162 cm³/mol. The number of ether oxygens (including phenoxy) is 5. The van der Waals surface area contributed by atoms with Gasteiger partial charge in [0.1, 0.15) is 29.2 Å². The third-order valence-corrected chi connectivity index (χ3v) is 6.70. The Bertz CT molecular complexity index is 1520. The molecule has 0 radical (unpaired) electrons. The lowest BCUT2D eigenvalue weighted by atomic mass is 9.98. The lowest BCUT2D eigenvalue weighted by Gasteiger charge is -2.28. The van der Waals surface area contributed by atoms with Crippen molar-refractivity contribution in [1.82, 2.24) is 19.5 Å². The molecule has 1 fully saturated rings. The number of aliphatic hydroxyl groups excluding tert-OH is 1. The molecular formula is C30H41FN6O8. The molecule has 15 heteroatoms. The molecule has 1 aliphatic rings. The van der Waals surface area contributed by atoms with E-state index in [0.717, 1.165) is 10.5 Å².